The summed E-state index contributed by atoms with van der Waals surface area (Å²) in [5.41, 5.74) is 1.33. The molecular weight excluding hydrogens is 516 g/mol. The molecule has 0 spiro atoms. The average molecular weight is 563 g/mol. The van der Waals surface area contributed by atoms with E-state index in [1.807, 2.05) is 6.92 Å². The van der Waals surface area contributed by atoms with E-state index in [1.165, 1.54) is 75.2 Å². The monoisotopic (exact) mass is 562 g/mol. The van der Waals surface area contributed by atoms with Crippen LogP contribution in [0.4, 0.5) is 5.69 Å². The molecule has 1 amide bonds. The van der Waals surface area contributed by atoms with Crippen molar-refractivity contribution in [1.82, 2.24) is 4.90 Å². The standard InChI is InChI=1S/C34H46N2O5/c1-3-4-5-6-7-8-9-10-11-12-13-14-15-18-25-35-31(28-19-16-17-20-29(28)36(40)41)30(33(38)34(35)39)32(37)27-23-21-26(2)22-24-27/h16-17,19-24,31,37H,3-15,18,25H2,1-2H3/b32-30-. The maximum absolute atomic E-state index is 13.2. The molecule has 1 aliphatic rings. The highest BCUT2D eigenvalue weighted by Crippen LogP contribution is 2.42. The fourth-order valence-corrected chi connectivity index (χ4v) is 5.66. The van der Waals surface area contributed by atoms with Crippen molar-refractivity contribution in [3.05, 3.63) is 80.9 Å². The molecule has 0 aliphatic carbocycles. The fourth-order valence-electron chi connectivity index (χ4n) is 5.66. The molecule has 222 valence electrons. The van der Waals surface area contributed by atoms with E-state index in [-0.39, 0.29) is 22.6 Å². The number of likely N-dealkylation sites (tertiary alicyclic amines) is 1. The summed E-state index contributed by atoms with van der Waals surface area (Å²) in [5, 5.41) is 23.1. The Morgan fingerprint density at radius 3 is 1.85 bits per heavy atom. The molecule has 3 rings (SSSR count). The lowest BCUT2D eigenvalue weighted by atomic mass is 9.94. The Morgan fingerprint density at radius 1 is 0.805 bits per heavy atom. The smallest absolute Gasteiger partial charge is 0.295 e. The van der Waals surface area contributed by atoms with Gasteiger partial charge in [-0.25, -0.2) is 0 Å². The summed E-state index contributed by atoms with van der Waals surface area (Å²) in [6, 6.07) is 12.1. The van der Waals surface area contributed by atoms with Gasteiger partial charge in [-0.2, -0.15) is 0 Å². The Balaban J connectivity index is 1.61. The molecule has 0 saturated carbocycles. The van der Waals surface area contributed by atoms with E-state index >= 15 is 0 Å². The predicted octanol–water partition coefficient (Wildman–Crippen LogP) is 8.81. The van der Waals surface area contributed by atoms with Gasteiger partial charge in [0.2, 0.25) is 0 Å². The third-order valence-corrected chi connectivity index (χ3v) is 8.05. The maximum atomic E-state index is 13.2. The number of rotatable bonds is 18. The number of ketones is 1. The normalized spacial score (nSPS) is 16.4. The first-order chi connectivity index (χ1) is 19.9. The zero-order valence-corrected chi connectivity index (χ0v) is 24.8. The predicted molar refractivity (Wildman–Crippen MR) is 164 cm³/mol. The molecule has 1 N–H and O–H groups in total. The van der Waals surface area contributed by atoms with Gasteiger partial charge in [0.1, 0.15) is 5.76 Å². The molecule has 7 heteroatoms. The van der Waals surface area contributed by atoms with Crippen molar-refractivity contribution in [3.8, 4) is 0 Å². The molecule has 1 saturated heterocycles. The number of nitro groups is 1. The number of carbonyl (C=O) groups excluding carboxylic acids is 2. The van der Waals surface area contributed by atoms with Crippen LogP contribution in [0.3, 0.4) is 0 Å². The summed E-state index contributed by atoms with van der Waals surface area (Å²) in [6.07, 6.45) is 16.9. The highest BCUT2D eigenvalue weighted by atomic mass is 16.6. The van der Waals surface area contributed by atoms with Crippen LogP contribution in [-0.4, -0.2) is 33.2 Å². The topological polar surface area (TPSA) is 101 Å². The van der Waals surface area contributed by atoms with Gasteiger partial charge >= 0.3 is 0 Å². The van der Waals surface area contributed by atoms with Gasteiger partial charge in [0.25, 0.3) is 17.4 Å². The fraction of sp³-hybridized carbons (Fsp3) is 0.529. The molecule has 1 atom stereocenters. The van der Waals surface area contributed by atoms with Gasteiger partial charge in [-0.15, -0.1) is 0 Å². The molecular formula is C34H46N2O5. The molecule has 2 aromatic carbocycles. The Bertz CT molecular complexity index is 1190. The minimum Gasteiger partial charge on any atom is -0.507 e. The van der Waals surface area contributed by atoms with Crippen LogP contribution in [-0.2, 0) is 9.59 Å². The third-order valence-electron chi connectivity index (χ3n) is 8.05. The number of aliphatic hydroxyl groups is 1. The van der Waals surface area contributed by atoms with E-state index in [1.54, 1.807) is 42.5 Å². The van der Waals surface area contributed by atoms with Crippen LogP contribution in [0.5, 0.6) is 0 Å². The van der Waals surface area contributed by atoms with Crippen LogP contribution < -0.4 is 0 Å². The van der Waals surface area contributed by atoms with Gasteiger partial charge in [0, 0.05) is 18.2 Å². The number of amides is 1. The molecule has 1 heterocycles. The Hall–Kier alpha value is -3.48. The van der Waals surface area contributed by atoms with E-state index < -0.39 is 22.7 Å². The number of aryl methyl sites for hydroxylation is 1. The molecule has 7 nitrogen and oxygen atoms in total. The van der Waals surface area contributed by atoms with Crippen LogP contribution in [0.25, 0.3) is 5.76 Å². The van der Waals surface area contributed by atoms with Gasteiger partial charge in [0.05, 0.1) is 22.1 Å². The lowest BCUT2D eigenvalue weighted by Gasteiger charge is -2.25. The van der Waals surface area contributed by atoms with Crippen LogP contribution in [0.1, 0.15) is 120 Å². The molecule has 1 fully saturated rings. The summed E-state index contributed by atoms with van der Waals surface area (Å²) in [7, 11) is 0. The Labute approximate surface area is 244 Å². The largest absolute Gasteiger partial charge is 0.507 e. The SMILES string of the molecule is CCCCCCCCCCCCCCCCN1C(=O)C(=O)/C(=C(\O)c2ccc(C)cc2)C1c1ccccc1[N+](=O)[O-]. The molecule has 0 radical (unpaired) electrons. The van der Waals surface area contributed by atoms with E-state index in [0.717, 1.165) is 24.8 Å². The molecule has 0 aromatic heterocycles. The Kier molecular flexibility index (Phi) is 13.1. The number of nitrogens with zero attached hydrogens (tertiary/aromatic N) is 2. The number of hydrogen-bond acceptors (Lipinski definition) is 5. The second kappa shape index (κ2) is 16.7. The minimum atomic E-state index is -1.01. The van der Waals surface area contributed by atoms with Crippen molar-refractivity contribution in [2.75, 3.05) is 6.54 Å². The van der Waals surface area contributed by atoms with E-state index in [0.29, 0.717) is 18.5 Å². The van der Waals surface area contributed by atoms with Crippen LogP contribution >= 0.6 is 0 Å². The Morgan fingerprint density at radius 2 is 1.32 bits per heavy atom. The summed E-state index contributed by atoms with van der Waals surface area (Å²) < 4.78 is 0. The van der Waals surface area contributed by atoms with Crippen molar-refractivity contribution in [3.63, 3.8) is 0 Å². The highest BCUT2D eigenvalue weighted by molar-refractivity contribution is 6.46. The molecule has 41 heavy (non-hydrogen) atoms. The summed E-state index contributed by atoms with van der Waals surface area (Å²) in [5.74, 6) is -1.84. The number of aliphatic hydroxyl groups excluding tert-OH is 1. The molecule has 1 unspecified atom stereocenters. The second-order valence-corrected chi connectivity index (χ2v) is 11.3. The van der Waals surface area contributed by atoms with Crippen LogP contribution in [0.2, 0.25) is 0 Å². The lowest BCUT2D eigenvalue weighted by Crippen LogP contribution is -2.31. The molecule has 2 aromatic rings. The number of Topliss-reactive ketones (excluding diaryl/α,β-unsaturated/α-hetero) is 1. The first kappa shape index (κ1) is 32.0. The van der Waals surface area contributed by atoms with Crippen molar-refractivity contribution in [2.24, 2.45) is 0 Å². The number of carbonyl (C=O) groups is 2. The average Bonchev–Trinajstić information content (AvgIpc) is 3.22. The first-order valence-corrected chi connectivity index (χ1v) is 15.5. The summed E-state index contributed by atoms with van der Waals surface area (Å²) in [6.45, 7) is 4.45. The number of benzene rings is 2. The lowest BCUT2D eigenvalue weighted by molar-refractivity contribution is -0.385. The van der Waals surface area contributed by atoms with Gasteiger partial charge in [-0.05, 0) is 19.4 Å². The van der Waals surface area contributed by atoms with Crippen LogP contribution in [0, 0.1) is 17.0 Å². The van der Waals surface area contributed by atoms with E-state index in [2.05, 4.69) is 6.92 Å². The van der Waals surface area contributed by atoms with Gasteiger partial charge < -0.3 is 10.0 Å². The zero-order valence-electron chi connectivity index (χ0n) is 24.8. The molecule has 0 bridgehead atoms. The minimum absolute atomic E-state index is 0.0986. The van der Waals surface area contributed by atoms with E-state index in [4.69, 9.17) is 0 Å². The summed E-state index contributed by atoms with van der Waals surface area (Å²) >= 11 is 0. The van der Waals surface area contributed by atoms with Gasteiger partial charge in [-0.3, -0.25) is 19.7 Å². The van der Waals surface area contributed by atoms with Crippen molar-refractivity contribution < 1.29 is 19.6 Å². The third kappa shape index (κ3) is 9.00. The second-order valence-electron chi connectivity index (χ2n) is 11.3. The van der Waals surface area contributed by atoms with Gasteiger partial charge in [0.15, 0.2) is 0 Å². The van der Waals surface area contributed by atoms with Gasteiger partial charge in [-0.1, -0.05) is 132 Å². The molecule has 1 aliphatic heterocycles. The number of para-hydroxylation sites is 1. The summed E-state index contributed by atoms with van der Waals surface area (Å²) in [4.78, 5) is 39.2. The first-order valence-electron chi connectivity index (χ1n) is 15.5. The van der Waals surface area contributed by atoms with E-state index in [9.17, 15) is 24.8 Å². The number of hydrogen-bond donors (Lipinski definition) is 1. The van der Waals surface area contributed by atoms with Crippen molar-refractivity contribution in [2.45, 2.75) is 110 Å². The maximum Gasteiger partial charge on any atom is 0.295 e. The quantitative estimate of drug-likeness (QED) is 0.0488. The number of nitro benzene ring substituents is 1. The van der Waals surface area contributed by atoms with Crippen LogP contribution in [0.15, 0.2) is 54.1 Å². The highest BCUT2D eigenvalue weighted by Gasteiger charge is 2.47. The zero-order chi connectivity index (χ0) is 29.6. The van der Waals surface area contributed by atoms with Crippen molar-refractivity contribution >= 4 is 23.1 Å². The van der Waals surface area contributed by atoms with Crippen molar-refractivity contribution in [1.29, 1.82) is 0 Å². The number of unbranched alkanes of at least 4 members (excludes halogenated alkanes) is 13.